The third kappa shape index (κ3) is 2.78. The van der Waals surface area contributed by atoms with Gasteiger partial charge in [-0.3, -0.25) is 4.79 Å². The fourth-order valence-corrected chi connectivity index (χ4v) is 2.57. The van der Waals surface area contributed by atoms with Crippen molar-refractivity contribution in [3.05, 3.63) is 12.7 Å². The SMILES string of the molecule is C=CC1CC2(CN1C(=O)C(C)NC(=O)OC)OCCO2. The van der Waals surface area contributed by atoms with E-state index in [2.05, 4.69) is 16.6 Å². The number of rotatable bonds is 3. The summed E-state index contributed by atoms with van der Waals surface area (Å²) in [7, 11) is 1.25. The van der Waals surface area contributed by atoms with Gasteiger partial charge in [-0.1, -0.05) is 6.08 Å². The smallest absolute Gasteiger partial charge is 0.407 e. The van der Waals surface area contributed by atoms with Crippen molar-refractivity contribution >= 4 is 12.0 Å². The van der Waals surface area contributed by atoms with E-state index in [1.165, 1.54) is 7.11 Å². The highest BCUT2D eigenvalue weighted by Gasteiger charge is 2.49. The minimum atomic E-state index is -0.723. The molecule has 20 heavy (non-hydrogen) atoms. The summed E-state index contributed by atoms with van der Waals surface area (Å²) in [5.41, 5.74) is 0. The molecule has 0 radical (unpaired) electrons. The first-order valence-corrected chi connectivity index (χ1v) is 6.57. The first-order chi connectivity index (χ1) is 9.51. The molecular weight excluding hydrogens is 264 g/mol. The van der Waals surface area contributed by atoms with Gasteiger partial charge in [-0.25, -0.2) is 4.79 Å². The van der Waals surface area contributed by atoms with Crippen molar-refractivity contribution < 1.29 is 23.8 Å². The second-order valence-electron chi connectivity index (χ2n) is 4.94. The molecule has 2 atom stereocenters. The molecule has 0 aromatic carbocycles. The van der Waals surface area contributed by atoms with Crippen LogP contribution >= 0.6 is 0 Å². The Bertz CT molecular complexity index is 406. The number of amides is 2. The molecule has 2 fully saturated rings. The van der Waals surface area contributed by atoms with Crippen molar-refractivity contribution in [2.45, 2.75) is 31.2 Å². The highest BCUT2D eigenvalue weighted by molar-refractivity contribution is 5.86. The van der Waals surface area contributed by atoms with Gasteiger partial charge < -0.3 is 24.4 Å². The normalized spacial score (nSPS) is 25.5. The topological polar surface area (TPSA) is 77.1 Å². The summed E-state index contributed by atoms with van der Waals surface area (Å²) in [6.45, 7) is 6.76. The lowest BCUT2D eigenvalue weighted by Gasteiger charge is -2.26. The number of hydrogen-bond acceptors (Lipinski definition) is 5. The Morgan fingerprint density at radius 3 is 2.70 bits per heavy atom. The molecule has 0 aromatic heterocycles. The quantitative estimate of drug-likeness (QED) is 0.752. The monoisotopic (exact) mass is 284 g/mol. The summed E-state index contributed by atoms with van der Waals surface area (Å²) in [6.07, 6.45) is 1.62. The third-order valence-electron chi connectivity index (χ3n) is 3.59. The van der Waals surface area contributed by atoms with Crippen LogP contribution in [0.4, 0.5) is 4.79 Å². The highest BCUT2D eigenvalue weighted by Crippen LogP contribution is 2.35. The van der Waals surface area contributed by atoms with Gasteiger partial charge in [0.2, 0.25) is 5.91 Å². The molecule has 2 aliphatic rings. The van der Waals surface area contributed by atoms with Gasteiger partial charge in [0, 0.05) is 6.42 Å². The second kappa shape index (κ2) is 5.80. The number of ether oxygens (including phenoxy) is 3. The average molecular weight is 284 g/mol. The van der Waals surface area contributed by atoms with Crippen LogP contribution in [0.3, 0.4) is 0 Å². The van der Waals surface area contributed by atoms with Crippen LogP contribution in [0, 0.1) is 0 Å². The zero-order valence-corrected chi connectivity index (χ0v) is 11.8. The van der Waals surface area contributed by atoms with Crippen molar-refractivity contribution in [3.8, 4) is 0 Å². The molecule has 112 valence electrons. The van der Waals surface area contributed by atoms with E-state index in [4.69, 9.17) is 9.47 Å². The van der Waals surface area contributed by atoms with Crippen LogP contribution in [0.5, 0.6) is 0 Å². The van der Waals surface area contributed by atoms with E-state index in [0.717, 1.165) is 0 Å². The average Bonchev–Trinajstić information content (AvgIpc) is 3.05. The van der Waals surface area contributed by atoms with Gasteiger partial charge in [-0.2, -0.15) is 0 Å². The van der Waals surface area contributed by atoms with Crippen LogP contribution in [0.15, 0.2) is 12.7 Å². The van der Waals surface area contributed by atoms with E-state index in [0.29, 0.717) is 26.2 Å². The van der Waals surface area contributed by atoms with E-state index in [-0.39, 0.29) is 11.9 Å². The molecule has 7 nitrogen and oxygen atoms in total. The Balaban J connectivity index is 2.04. The van der Waals surface area contributed by atoms with Crippen LogP contribution in [0.25, 0.3) is 0 Å². The summed E-state index contributed by atoms with van der Waals surface area (Å²) in [5, 5.41) is 2.46. The zero-order chi connectivity index (χ0) is 14.8. The van der Waals surface area contributed by atoms with Gasteiger partial charge in [0.25, 0.3) is 0 Å². The molecule has 1 N–H and O–H groups in total. The first kappa shape index (κ1) is 14.8. The van der Waals surface area contributed by atoms with E-state index in [1.54, 1.807) is 17.9 Å². The van der Waals surface area contributed by atoms with Gasteiger partial charge in [0.1, 0.15) is 6.04 Å². The van der Waals surface area contributed by atoms with E-state index in [1.807, 2.05) is 0 Å². The standard InChI is InChI=1S/C13H20N2O5/c1-4-10-7-13(19-5-6-20-13)8-15(10)11(16)9(2)14-12(17)18-3/h4,9-10H,1,5-8H2,2-3H3,(H,14,17). The number of nitrogens with zero attached hydrogens (tertiary/aromatic N) is 1. The van der Waals surface area contributed by atoms with E-state index < -0.39 is 17.9 Å². The Labute approximate surface area is 117 Å². The summed E-state index contributed by atoms with van der Waals surface area (Å²) >= 11 is 0. The van der Waals surface area contributed by atoms with Crippen molar-refractivity contribution in [2.75, 3.05) is 26.9 Å². The van der Waals surface area contributed by atoms with Gasteiger partial charge in [0.15, 0.2) is 5.79 Å². The molecule has 0 aliphatic carbocycles. The number of nitrogens with one attached hydrogen (secondary N) is 1. The van der Waals surface area contributed by atoms with Gasteiger partial charge in [-0.15, -0.1) is 6.58 Å². The van der Waals surface area contributed by atoms with Crippen LogP contribution in [0.2, 0.25) is 0 Å². The van der Waals surface area contributed by atoms with Gasteiger partial charge >= 0.3 is 6.09 Å². The highest BCUT2D eigenvalue weighted by atomic mass is 16.7. The van der Waals surface area contributed by atoms with Crippen molar-refractivity contribution in [1.82, 2.24) is 10.2 Å². The van der Waals surface area contributed by atoms with E-state index >= 15 is 0 Å². The van der Waals surface area contributed by atoms with Crippen LogP contribution in [-0.2, 0) is 19.0 Å². The lowest BCUT2D eigenvalue weighted by molar-refractivity contribution is -0.153. The molecule has 0 aromatic rings. The first-order valence-electron chi connectivity index (χ1n) is 6.57. The Morgan fingerprint density at radius 2 is 2.15 bits per heavy atom. The number of hydrogen-bond donors (Lipinski definition) is 1. The molecule has 2 unspecified atom stereocenters. The predicted octanol–water partition coefficient (Wildman–Crippen LogP) is 0.261. The maximum absolute atomic E-state index is 12.4. The van der Waals surface area contributed by atoms with Crippen LogP contribution < -0.4 is 5.32 Å². The minimum Gasteiger partial charge on any atom is -0.453 e. The molecule has 0 saturated carbocycles. The largest absolute Gasteiger partial charge is 0.453 e. The zero-order valence-electron chi connectivity index (χ0n) is 11.8. The molecule has 0 bridgehead atoms. The molecule has 2 saturated heterocycles. The van der Waals surface area contributed by atoms with Crippen molar-refractivity contribution in [2.24, 2.45) is 0 Å². The number of likely N-dealkylation sites (tertiary alicyclic amines) is 1. The predicted molar refractivity (Wildman–Crippen MR) is 70.0 cm³/mol. The van der Waals surface area contributed by atoms with Crippen molar-refractivity contribution in [3.63, 3.8) is 0 Å². The van der Waals surface area contributed by atoms with Crippen LogP contribution in [0.1, 0.15) is 13.3 Å². The Morgan fingerprint density at radius 1 is 1.50 bits per heavy atom. The summed E-state index contributed by atoms with van der Waals surface area (Å²) < 4.78 is 15.7. The summed E-state index contributed by atoms with van der Waals surface area (Å²) in [4.78, 5) is 25.2. The fourth-order valence-electron chi connectivity index (χ4n) is 2.57. The molecule has 2 amide bonds. The summed E-state index contributed by atoms with van der Waals surface area (Å²) in [6, 6.07) is -0.844. The second-order valence-corrected chi connectivity index (χ2v) is 4.94. The molecule has 1 spiro atoms. The lowest BCUT2D eigenvalue weighted by atomic mass is 10.1. The molecule has 2 heterocycles. The molecule has 7 heteroatoms. The molecule has 2 rings (SSSR count). The van der Waals surface area contributed by atoms with Crippen LogP contribution in [-0.4, -0.2) is 61.6 Å². The number of alkyl carbamates (subject to hydrolysis) is 1. The number of carbonyl (C=O) groups excluding carboxylic acids is 2. The maximum Gasteiger partial charge on any atom is 0.407 e. The number of carbonyl (C=O) groups is 2. The number of methoxy groups -OCH3 is 1. The molecule has 2 aliphatic heterocycles. The van der Waals surface area contributed by atoms with Gasteiger partial charge in [0.05, 0.1) is 32.9 Å². The lowest BCUT2D eigenvalue weighted by Crippen LogP contribution is -2.49. The Kier molecular flexibility index (Phi) is 4.29. The van der Waals surface area contributed by atoms with Crippen molar-refractivity contribution in [1.29, 1.82) is 0 Å². The third-order valence-corrected chi connectivity index (χ3v) is 3.59. The minimum absolute atomic E-state index is 0.164. The maximum atomic E-state index is 12.4. The van der Waals surface area contributed by atoms with E-state index in [9.17, 15) is 9.59 Å². The fraction of sp³-hybridized carbons (Fsp3) is 0.692. The summed E-state index contributed by atoms with van der Waals surface area (Å²) in [5.74, 6) is -0.934. The van der Waals surface area contributed by atoms with Gasteiger partial charge in [-0.05, 0) is 6.92 Å². The molecular formula is C13H20N2O5. The Hall–Kier alpha value is -1.60.